The van der Waals surface area contributed by atoms with Crippen molar-refractivity contribution in [3.05, 3.63) is 88.2 Å². The van der Waals surface area contributed by atoms with Gasteiger partial charge < -0.3 is 10.1 Å². The highest BCUT2D eigenvalue weighted by molar-refractivity contribution is 6.00. The van der Waals surface area contributed by atoms with Crippen LogP contribution in [0.3, 0.4) is 0 Å². The minimum Gasteiger partial charge on any atom is -0.453 e. The van der Waals surface area contributed by atoms with Crippen molar-refractivity contribution in [2.45, 2.75) is 33.2 Å². The van der Waals surface area contributed by atoms with E-state index < -0.39 is 11.6 Å². The van der Waals surface area contributed by atoms with Gasteiger partial charge in [0, 0.05) is 28.4 Å². The number of hydrogen-bond donors (Lipinski definition) is 1. The van der Waals surface area contributed by atoms with Crippen molar-refractivity contribution < 1.29 is 17.9 Å². The first kappa shape index (κ1) is 20.4. The average molecular weight is 433 g/mol. The fraction of sp³-hybridized carbons (Fsp3) is 0.185. The SMILES string of the molecule is CC1=CC(C)(C)Nc2ccc3c(c21)C(=Cc1cc(F)ccc1C)Oc1c(F)cc(F)cc1-3. The highest BCUT2D eigenvalue weighted by atomic mass is 19.1. The molecule has 0 spiro atoms. The maximum Gasteiger partial charge on any atom is 0.171 e. The fourth-order valence-electron chi connectivity index (χ4n) is 4.63. The van der Waals surface area contributed by atoms with Gasteiger partial charge in [0.25, 0.3) is 0 Å². The largest absolute Gasteiger partial charge is 0.453 e. The highest BCUT2D eigenvalue weighted by Crippen LogP contribution is 2.50. The van der Waals surface area contributed by atoms with Crippen molar-refractivity contribution in [3.8, 4) is 16.9 Å². The van der Waals surface area contributed by atoms with E-state index in [1.54, 1.807) is 12.1 Å². The van der Waals surface area contributed by atoms with Crippen LogP contribution < -0.4 is 10.1 Å². The second kappa shape index (κ2) is 7.02. The molecule has 0 saturated carbocycles. The molecule has 5 heteroatoms. The number of benzene rings is 3. The van der Waals surface area contributed by atoms with Gasteiger partial charge in [0.15, 0.2) is 11.6 Å². The number of aryl methyl sites for hydroxylation is 1. The molecule has 0 amide bonds. The molecular weight excluding hydrogens is 411 g/mol. The first-order chi connectivity index (χ1) is 15.1. The number of allylic oxidation sites excluding steroid dienone is 1. The molecule has 3 aromatic carbocycles. The lowest BCUT2D eigenvalue weighted by molar-refractivity contribution is 0.460. The molecule has 2 heterocycles. The van der Waals surface area contributed by atoms with E-state index in [2.05, 4.69) is 25.2 Å². The molecule has 0 unspecified atom stereocenters. The topological polar surface area (TPSA) is 21.3 Å². The lowest BCUT2D eigenvalue weighted by atomic mass is 9.83. The van der Waals surface area contributed by atoms with E-state index in [4.69, 9.17) is 4.74 Å². The van der Waals surface area contributed by atoms with Crippen LogP contribution in [0, 0.1) is 24.4 Å². The molecule has 2 nitrogen and oxygen atoms in total. The number of rotatable bonds is 1. The van der Waals surface area contributed by atoms with Gasteiger partial charge in [0.2, 0.25) is 0 Å². The Kier molecular flexibility index (Phi) is 4.48. The molecule has 0 bridgehead atoms. The molecule has 32 heavy (non-hydrogen) atoms. The number of nitrogens with one attached hydrogen (secondary N) is 1. The highest BCUT2D eigenvalue weighted by Gasteiger charge is 2.32. The molecule has 5 rings (SSSR count). The molecule has 0 fully saturated rings. The van der Waals surface area contributed by atoms with Crippen LogP contribution in [0.15, 0.2) is 48.5 Å². The van der Waals surface area contributed by atoms with E-state index >= 15 is 0 Å². The quantitative estimate of drug-likeness (QED) is 0.427. The fourth-order valence-corrected chi connectivity index (χ4v) is 4.63. The van der Waals surface area contributed by atoms with Crippen LogP contribution in [-0.4, -0.2) is 5.54 Å². The number of anilines is 1. The predicted octanol–water partition coefficient (Wildman–Crippen LogP) is 7.58. The summed E-state index contributed by atoms with van der Waals surface area (Å²) < 4.78 is 48.9. The Morgan fingerprint density at radius 3 is 2.44 bits per heavy atom. The minimum atomic E-state index is -0.781. The lowest BCUT2D eigenvalue weighted by Gasteiger charge is -2.35. The van der Waals surface area contributed by atoms with Gasteiger partial charge in [-0.3, -0.25) is 0 Å². The van der Waals surface area contributed by atoms with Gasteiger partial charge in [0.05, 0.1) is 5.54 Å². The standard InChI is InChI=1S/C27H22F3NO/c1-14-5-6-17(28)9-16(14)10-23-25-19(20-11-18(29)12-21(30)26(20)32-23)7-8-22-24(25)15(2)13-27(3,4)31-22/h5-13,31H,1-4H3. The van der Waals surface area contributed by atoms with Crippen LogP contribution in [0.1, 0.15) is 43.0 Å². The molecule has 1 N–H and O–H groups in total. The Morgan fingerprint density at radius 2 is 1.66 bits per heavy atom. The molecule has 0 radical (unpaired) electrons. The first-order valence-electron chi connectivity index (χ1n) is 10.4. The summed E-state index contributed by atoms with van der Waals surface area (Å²) in [5, 5.41) is 3.50. The first-order valence-corrected chi connectivity index (χ1v) is 10.4. The third kappa shape index (κ3) is 3.29. The predicted molar refractivity (Wildman–Crippen MR) is 123 cm³/mol. The number of ether oxygens (including phenoxy) is 1. The third-order valence-electron chi connectivity index (χ3n) is 5.92. The van der Waals surface area contributed by atoms with Crippen molar-refractivity contribution in [1.82, 2.24) is 0 Å². The number of halogens is 3. The average Bonchev–Trinajstić information content (AvgIpc) is 2.70. The van der Waals surface area contributed by atoms with Crippen LogP contribution >= 0.6 is 0 Å². The molecule has 2 aliphatic rings. The smallest absolute Gasteiger partial charge is 0.171 e. The molecule has 0 aromatic heterocycles. The van der Waals surface area contributed by atoms with Crippen LogP contribution in [0.4, 0.5) is 18.9 Å². The minimum absolute atomic E-state index is 0.0371. The Balaban J connectivity index is 1.84. The maximum atomic E-state index is 14.7. The zero-order chi connectivity index (χ0) is 22.8. The number of hydrogen-bond acceptors (Lipinski definition) is 2. The van der Waals surface area contributed by atoms with Crippen molar-refractivity contribution in [2.75, 3.05) is 5.32 Å². The van der Waals surface area contributed by atoms with Gasteiger partial charge in [-0.1, -0.05) is 18.2 Å². The van der Waals surface area contributed by atoms with Gasteiger partial charge in [-0.2, -0.15) is 0 Å². The molecule has 162 valence electrons. The van der Waals surface area contributed by atoms with E-state index in [0.717, 1.165) is 34.0 Å². The summed E-state index contributed by atoms with van der Waals surface area (Å²) >= 11 is 0. The molecule has 0 atom stereocenters. The van der Waals surface area contributed by atoms with Crippen LogP contribution in [-0.2, 0) is 0 Å². The van der Waals surface area contributed by atoms with E-state index in [1.165, 1.54) is 18.2 Å². The molecular formula is C27H22F3NO. The summed E-state index contributed by atoms with van der Waals surface area (Å²) in [5.74, 6) is -1.48. The third-order valence-corrected chi connectivity index (χ3v) is 5.92. The Morgan fingerprint density at radius 1 is 0.875 bits per heavy atom. The Labute approximate surface area is 185 Å². The second-order valence-corrected chi connectivity index (χ2v) is 8.96. The molecule has 0 saturated heterocycles. The Hall–Kier alpha value is -3.47. The summed E-state index contributed by atoms with van der Waals surface area (Å²) in [6.07, 6.45) is 3.83. The molecule has 2 aliphatic heterocycles. The van der Waals surface area contributed by atoms with Crippen LogP contribution in [0.2, 0.25) is 0 Å². The van der Waals surface area contributed by atoms with Gasteiger partial charge in [-0.05, 0) is 80.3 Å². The zero-order valence-corrected chi connectivity index (χ0v) is 18.2. The van der Waals surface area contributed by atoms with E-state index in [9.17, 15) is 13.2 Å². The van der Waals surface area contributed by atoms with Crippen molar-refractivity contribution in [1.29, 1.82) is 0 Å². The molecule has 0 aliphatic carbocycles. The Bertz CT molecular complexity index is 1350. The lowest BCUT2D eigenvalue weighted by Crippen LogP contribution is -2.32. The second-order valence-electron chi connectivity index (χ2n) is 8.96. The maximum absolute atomic E-state index is 14.7. The summed E-state index contributed by atoms with van der Waals surface area (Å²) in [5.41, 5.74) is 5.79. The molecule has 3 aromatic rings. The monoisotopic (exact) mass is 433 g/mol. The van der Waals surface area contributed by atoms with Gasteiger partial charge in [0.1, 0.15) is 17.4 Å². The van der Waals surface area contributed by atoms with Crippen LogP contribution in [0.25, 0.3) is 28.5 Å². The summed E-state index contributed by atoms with van der Waals surface area (Å²) in [6, 6.07) is 10.4. The van der Waals surface area contributed by atoms with E-state index in [-0.39, 0.29) is 17.1 Å². The summed E-state index contributed by atoms with van der Waals surface area (Å²) in [4.78, 5) is 0. The summed E-state index contributed by atoms with van der Waals surface area (Å²) in [6.45, 7) is 8.02. The van der Waals surface area contributed by atoms with Gasteiger partial charge in [-0.15, -0.1) is 0 Å². The van der Waals surface area contributed by atoms with E-state index in [1.807, 2.05) is 26.0 Å². The van der Waals surface area contributed by atoms with E-state index in [0.29, 0.717) is 22.4 Å². The van der Waals surface area contributed by atoms with Gasteiger partial charge in [-0.25, -0.2) is 13.2 Å². The van der Waals surface area contributed by atoms with Gasteiger partial charge >= 0.3 is 0 Å². The van der Waals surface area contributed by atoms with Crippen molar-refractivity contribution >= 4 is 23.1 Å². The van der Waals surface area contributed by atoms with Crippen molar-refractivity contribution in [3.63, 3.8) is 0 Å². The summed E-state index contributed by atoms with van der Waals surface area (Å²) in [7, 11) is 0. The number of fused-ring (bicyclic) bond motifs is 5. The zero-order valence-electron chi connectivity index (χ0n) is 18.2. The van der Waals surface area contributed by atoms with Crippen molar-refractivity contribution in [2.24, 2.45) is 0 Å². The van der Waals surface area contributed by atoms with Crippen LogP contribution in [0.5, 0.6) is 5.75 Å². The normalized spacial score (nSPS) is 17.0.